The average molecular weight is 275 g/mol. The Morgan fingerprint density at radius 1 is 1.25 bits per heavy atom. The Balaban J connectivity index is 1.55. The lowest BCUT2D eigenvalue weighted by atomic mass is 9.82. The third-order valence-corrected chi connectivity index (χ3v) is 4.65. The van der Waals surface area contributed by atoms with Gasteiger partial charge in [-0.1, -0.05) is 25.8 Å². The van der Waals surface area contributed by atoms with Gasteiger partial charge in [0.25, 0.3) is 0 Å². The zero-order chi connectivity index (χ0) is 13.9. The first-order valence-corrected chi connectivity index (χ1v) is 7.85. The molecule has 20 heavy (non-hydrogen) atoms. The van der Waals surface area contributed by atoms with E-state index in [1.165, 1.54) is 31.2 Å². The van der Waals surface area contributed by atoms with Gasteiger partial charge in [0.05, 0.1) is 0 Å². The van der Waals surface area contributed by atoms with Gasteiger partial charge in [0.2, 0.25) is 6.79 Å². The summed E-state index contributed by atoms with van der Waals surface area (Å²) >= 11 is 0. The maximum Gasteiger partial charge on any atom is 0.231 e. The average Bonchev–Trinajstić information content (AvgIpc) is 2.92. The predicted octanol–water partition coefficient (Wildman–Crippen LogP) is 3.89. The number of nitrogens with one attached hydrogen (secondary N) is 1. The molecule has 0 aromatic heterocycles. The van der Waals surface area contributed by atoms with Crippen molar-refractivity contribution in [1.29, 1.82) is 0 Å². The molecule has 3 heteroatoms. The molecule has 0 saturated heterocycles. The first-order chi connectivity index (χ1) is 9.72. The predicted molar refractivity (Wildman–Crippen MR) is 80.1 cm³/mol. The molecule has 1 aromatic carbocycles. The fourth-order valence-electron chi connectivity index (χ4n) is 3.39. The summed E-state index contributed by atoms with van der Waals surface area (Å²) in [6.07, 6.45) is 5.56. The van der Waals surface area contributed by atoms with Gasteiger partial charge >= 0.3 is 0 Å². The van der Waals surface area contributed by atoms with Crippen molar-refractivity contribution < 1.29 is 9.47 Å². The lowest BCUT2D eigenvalue weighted by Crippen LogP contribution is -2.28. The molecular weight excluding hydrogens is 250 g/mol. The molecule has 3 atom stereocenters. The second-order valence-corrected chi connectivity index (χ2v) is 6.38. The number of rotatable bonds is 4. The van der Waals surface area contributed by atoms with E-state index in [-0.39, 0.29) is 0 Å². The Bertz CT molecular complexity index is 460. The highest BCUT2D eigenvalue weighted by Gasteiger charge is 2.20. The van der Waals surface area contributed by atoms with Gasteiger partial charge in [-0.05, 0) is 55.8 Å². The summed E-state index contributed by atoms with van der Waals surface area (Å²) in [6.45, 7) is 6.08. The first kappa shape index (κ1) is 13.7. The molecular formula is C17H25NO2. The molecule has 1 aromatic rings. The molecule has 3 rings (SSSR count). The highest BCUT2D eigenvalue weighted by atomic mass is 16.7. The fraction of sp³-hybridized carbons (Fsp3) is 0.647. The van der Waals surface area contributed by atoms with Crippen molar-refractivity contribution in [2.75, 3.05) is 13.3 Å². The van der Waals surface area contributed by atoms with Crippen LogP contribution >= 0.6 is 0 Å². The van der Waals surface area contributed by atoms with E-state index in [0.717, 1.165) is 29.9 Å². The van der Waals surface area contributed by atoms with Crippen LogP contribution in [-0.2, 0) is 0 Å². The number of benzene rings is 1. The number of ether oxygens (including phenoxy) is 2. The normalized spacial score (nSPS) is 26.5. The van der Waals surface area contributed by atoms with Crippen molar-refractivity contribution in [2.45, 2.75) is 45.6 Å². The van der Waals surface area contributed by atoms with E-state index >= 15 is 0 Å². The van der Waals surface area contributed by atoms with E-state index in [4.69, 9.17) is 9.47 Å². The zero-order valence-electron chi connectivity index (χ0n) is 12.5. The van der Waals surface area contributed by atoms with Crippen molar-refractivity contribution in [2.24, 2.45) is 11.8 Å². The maximum atomic E-state index is 5.45. The molecule has 0 amide bonds. The summed E-state index contributed by atoms with van der Waals surface area (Å²) in [4.78, 5) is 0. The number of fused-ring (bicyclic) bond motifs is 1. The van der Waals surface area contributed by atoms with Crippen LogP contribution in [-0.4, -0.2) is 13.3 Å². The van der Waals surface area contributed by atoms with Gasteiger partial charge in [0.1, 0.15) is 0 Å². The van der Waals surface area contributed by atoms with Crippen LogP contribution in [0.1, 0.15) is 51.1 Å². The van der Waals surface area contributed by atoms with Crippen molar-refractivity contribution in [1.82, 2.24) is 5.32 Å². The topological polar surface area (TPSA) is 30.5 Å². The van der Waals surface area contributed by atoms with E-state index in [1.54, 1.807) is 0 Å². The highest BCUT2D eigenvalue weighted by molar-refractivity contribution is 5.45. The minimum absolute atomic E-state index is 0.348. The summed E-state index contributed by atoms with van der Waals surface area (Å²) in [7, 11) is 0. The van der Waals surface area contributed by atoms with Gasteiger partial charge in [-0.3, -0.25) is 0 Å². The summed E-state index contributed by atoms with van der Waals surface area (Å²) in [5, 5.41) is 3.68. The summed E-state index contributed by atoms with van der Waals surface area (Å²) in [5.74, 6) is 3.48. The quantitative estimate of drug-likeness (QED) is 0.904. The zero-order valence-corrected chi connectivity index (χ0v) is 12.5. The fourth-order valence-corrected chi connectivity index (χ4v) is 3.39. The van der Waals surface area contributed by atoms with Crippen molar-refractivity contribution in [3.05, 3.63) is 23.8 Å². The van der Waals surface area contributed by atoms with Gasteiger partial charge in [-0.15, -0.1) is 0 Å². The maximum absolute atomic E-state index is 5.45. The van der Waals surface area contributed by atoms with Gasteiger partial charge in [0.15, 0.2) is 11.5 Å². The monoisotopic (exact) mass is 275 g/mol. The van der Waals surface area contributed by atoms with Crippen molar-refractivity contribution >= 4 is 0 Å². The Morgan fingerprint density at radius 2 is 2.10 bits per heavy atom. The van der Waals surface area contributed by atoms with Crippen LogP contribution in [0.2, 0.25) is 0 Å². The minimum Gasteiger partial charge on any atom is -0.454 e. The Morgan fingerprint density at radius 3 is 2.95 bits per heavy atom. The van der Waals surface area contributed by atoms with Gasteiger partial charge in [-0.2, -0.15) is 0 Å². The largest absolute Gasteiger partial charge is 0.454 e. The van der Waals surface area contributed by atoms with Crippen molar-refractivity contribution in [3.8, 4) is 11.5 Å². The molecule has 0 spiro atoms. The molecule has 1 fully saturated rings. The van der Waals surface area contributed by atoms with Crippen molar-refractivity contribution in [3.63, 3.8) is 0 Å². The molecule has 3 unspecified atom stereocenters. The SMILES string of the molecule is CC1CCCC(CNC(C)c2ccc3c(c2)OCO3)C1. The molecule has 1 saturated carbocycles. The molecule has 0 bridgehead atoms. The molecule has 110 valence electrons. The second-order valence-electron chi connectivity index (χ2n) is 6.38. The number of hydrogen-bond acceptors (Lipinski definition) is 3. The molecule has 2 aliphatic rings. The summed E-state index contributed by atoms with van der Waals surface area (Å²) in [6, 6.07) is 6.61. The van der Waals surface area contributed by atoms with Crippen LogP contribution in [0.3, 0.4) is 0 Å². The van der Waals surface area contributed by atoms with Crippen LogP contribution in [0.15, 0.2) is 18.2 Å². The van der Waals surface area contributed by atoms with Gasteiger partial charge in [-0.25, -0.2) is 0 Å². The Kier molecular flexibility index (Phi) is 4.16. The molecule has 3 nitrogen and oxygen atoms in total. The molecule has 1 heterocycles. The van der Waals surface area contributed by atoms with E-state index in [2.05, 4.69) is 31.3 Å². The van der Waals surface area contributed by atoms with Crippen LogP contribution in [0.4, 0.5) is 0 Å². The molecule has 1 aliphatic carbocycles. The third-order valence-electron chi connectivity index (χ3n) is 4.65. The van der Waals surface area contributed by atoms with E-state index in [0.29, 0.717) is 12.8 Å². The van der Waals surface area contributed by atoms with Crippen LogP contribution in [0.25, 0.3) is 0 Å². The van der Waals surface area contributed by atoms with Crippen LogP contribution < -0.4 is 14.8 Å². The molecule has 0 radical (unpaired) electrons. The number of hydrogen-bond donors (Lipinski definition) is 1. The van der Waals surface area contributed by atoms with Gasteiger partial charge < -0.3 is 14.8 Å². The minimum atomic E-state index is 0.348. The highest BCUT2D eigenvalue weighted by Crippen LogP contribution is 2.34. The van der Waals surface area contributed by atoms with Crippen LogP contribution in [0, 0.1) is 11.8 Å². The summed E-state index contributed by atoms with van der Waals surface area (Å²) < 4.78 is 10.8. The smallest absolute Gasteiger partial charge is 0.231 e. The molecule has 1 aliphatic heterocycles. The standard InChI is InChI=1S/C17H25NO2/c1-12-4-3-5-14(8-12)10-18-13(2)15-6-7-16-17(9-15)20-11-19-16/h6-7,9,12-14,18H,3-5,8,10-11H2,1-2H3. The van der Waals surface area contributed by atoms with E-state index in [1.807, 2.05) is 6.07 Å². The molecule has 1 N–H and O–H groups in total. The third kappa shape index (κ3) is 3.09. The Labute approximate surface area is 121 Å². The Hall–Kier alpha value is -1.22. The first-order valence-electron chi connectivity index (χ1n) is 7.85. The van der Waals surface area contributed by atoms with E-state index in [9.17, 15) is 0 Å². The second kappa shape index (κ2) is 6.04. The van der Waals surface area contributed by atoms with Gasteiger partial charge in [0, 0.05) is 6.04 Å². The van der Waals surface area contributed by atoms with E-state index < -0.39 is 0 Å². The lowest BCUT2D eigenvalue weighted by Gasteiger charge is -2.28. The lowest BCUT2D eigenvalue weighted by molar-refractivity contribution is 0.174. The van der Waals surface area contributed by atoms with Crippen LogP contribution in [0.5, 0.6) is 11.5 Å². The summed E-state index contributed by atoms with van der Waals surface area (Å²) in [5.41, 5.74) is 1.28.